The molecule has 6 heteroatoms. The summed E-state index contributed by atoms with van der Waals surface area (Å²) in [4.78, 5) is 27.8. The number of hydrogen-bond acceptors (Lipinski definition) is 4. The van der Waals surface area contributed by atoms with E-state index in [2.05, 4.69) is 31.3 Å². The summed E-state index contributed by atoms with van der Waals surface area (Å²) < 4.78 is 5.23. The molecule has 0 spiro atoms. The van der Waals surface area contributed by atoms with Crippen molar-refractivity contribution in [2.24, 2.45) is 5.92 Å². The molecule has 0 aliphatic rings. The number of nitrogens with one attached hydrogen (secondary N) is 1. The number of rotatable bonds is 12. The van der Waals surface area contributed by atoms with Crippen LogP contribution in [0.4, 0.5) is 0 Å². The zero-order valence-corrected chi connectivity index (χ0v) is 19.8. The number of carbonyl (C=O) groups excluding carboxylic acids is 2. The molecule has 0 saturated carbocycles. The molecule has 0 bridgehead atoms. The highest BCUT2D eigenvalue weighted by Crippen LogP contribution is 2.19. The number of benzene rings is 2. The lowest BCUT2D eigenvalue weighted by molar-refractivity contribution is -0.139. The van der Waals surface area contributed by atoms with Gasteiger partial charge in [0.25, 0.3) is 0 Å². The Bertz CT molecular complexity index is 809. The lowest BCUT2D eigenvalue weighted by Crippen LogP contribution is -2.50. The minimum Gasteiger partial charge on any atom is -0.497 e. The van der Waals surface area contributed by atoms with Crippen molar-refractivity contribution in [3.8, 4) is 5.75 Å². The van der Waals surface area contributed by atoms with Gasteiger partial charge in [0.2, 0.25) is 11.8 Å². The van der Waals surface area contributed by atoms with Crippen molar-refractivity contribution in [2.45, 2.75) is 45.5 Å². The zero-order chi connectivity index (χ0) is 22.6. The van der Waals surface area contributed by atoms with Crippen molar-refractivity contribution in [1.82, 2.24) is 10.2 Å². The highest BCUT2D eigenvalue weighted by atomic mass is 32.2. The molecule has 0 aromatic heterocycles. The Morgan fingerprint density at radius 2 is 1.71 bits per heavy atom. The number of carbonyl (C=O) groups is 2. The largest absolute Gasteiger partial charge is 0.497 e. The van der Waals surface area contributed by atoms with Crippen LogP contribution in [0.1, 0.15) is 38.3 Å². The minimum atomic E-state index is -0.495. The molecular formula is C25H34N2O3S. The van der Waals surface area contributed by atoms with Crippen LogP contribution >= 0.6 is 11.8 Å². The molecule has 0 fully saturated rings. The molecular weight excluding hydrogens is 408 g/mol. The molecule has 2 aromatic rings. The van der Waals surface area contributed by atoms with Crippen molar-refractivity contribution in [3.63, 3.8) is 0 Å². The van der Waals surface area contributed by atoms with Crippen LogP contribution in [0.3, 0.4) is 0 Å². The fourth-order valence-corrected chi connectivity index (χ4v) is 4.05. The number of methoxy groups -OCH3 is 1. The second kappa shape index (κ2) is 13.1. The molecule has 1 N–H and O–H groups in total. The van der Waals surface area contributed by atoms with E-state index in [0.29, 0.717) is 31.2 Å². The minimum absolute atomic E-state index is 0.0247. The van der Waals surface area contributed by atoms with Crippen molar-refractivity contribution in [2.75, 3.05) is 19.4 Å². The van der Waals surface area contributed by atoms with E-state index in [9.17, 15) is 9.59 Å². The molecule has 31 heavy (non-hydrogen) atoms. The maximum Gasteiger partial charge on any atom is 0.242 e. The fourth-order valence-electron chi connectivity index (χ4n) is 3.18. The second-order valence-electron chi connectivity index (χ2n) is 7.91. The van der Waals surface area contributed by atoms with Gasteiger partial charge in [-0.3, -0.25) is 9.59 Å². The van der Waals surface area contributed by atoms with Crippen molar-refractivity contribution < 1.29 is 14.3 Å². The smallest absolute Gasteiger partial charge is 0.242 e. The van der Waals surface area contributed by atoms with Crippen LogP contribution in [0, 0.1) is 5.92 Å². The first kappa shape index (κ1) is 24.8. The van der Waals surface area contributed by atoms with E-state index in [-0.39, 0.29) is 11.8 Å². The Hall–Kier alpha value is -2.47. The number of ether oxygens (including phenoxy) is 1. The van der Waals surface area contributed by atoms with Gasteiger partial charge < -0.3 is 15.0 Å². The predicted molar refractivity (Wildman–Crippen MR) is 128 cm³/mol. The van der Waals surface area contributed by atoms with E-state index in [1.165, 1.54) is 5.56 Å². The molecule has 1 atom stereocenters. The summed E-state index contributed by atoms with van der Waals surface area (Å²) in [6.45, 7) is 7.06. The first-order chi connectivity index (χ1) is 14.9. The molecule has 168 valence electrons. The van der Waals surface area contributed by atoms with Crippen LogP contribution in [0.25, 0.3) is 0 Å². The predicted octanol–water partition coefficient (Wildman–Crippen LogP) is 4.51. The van der Waals surface area contributed by atoms with Crippen molar-refractivity contribution in [1.29, 1.82) is 0 Å². The van der Waals surface area contributed by atoms with Crippen LogP contribution in [-0.2, 0) is 21.9 Å². The summed E-state index contributed by atoms with van der Waals surface area (Å²) in [5, 5.41) is 2.99. The van der Waals surface area contributed by atoms with Gasteiger partial charge in [0.1, 0.15) is 11.8 Å². The highest BCUT2D eigenvalue weighted by molar-refractivity contribution is 7.99. The molecule has 0 aliphatic heterocycles. The topological polar surface area (TPSA) is 58.6 Å². The first-order valence-corrected chi connectivity index (χ1v) is 11.9. The van der Waals surface area contributed by atoms with Gasteiger partial charge in [0, 0.05) is 18.8 Å². The Morgan fingerprint density at radius 3 is 2.29 bits per heavy atom. The monoisotopic (exact) mass is 442 g/mol. The lowest BCUT2D eigenvalue weighted by Gasteiger charge is -2.31. The molecule has 2 amide bonds. The van der Waals surface area contributed by atoms with Crippen LogP contribution in [0.15, 0.2) is 54.6 Å². The quantitative estimate of drug-likeness (QED) is 0.525. The van der Waals surface area contributed by atoms with E-state index in [4.69, 9.17) is 4.74 Å². The van der Waals surface area contributed by atoms with Gasteiger partial charge >= 0.3 is 0 Å². The zero-order valence-electron chi connectivity index (χ0n) is 19.0. The standard InChI is InChI=1S/C25H34N2O3S/c1-5-23(25(29)26-15-19(2)3)27(16-20-11-13-22(30-4)14-12-20)24(28)18-31-17-21-9-7-6-8-10-21/h6-14,19,23H,5,15-18H2,1-4H3,(H,26,29)/t23-/m1/s1. The molecule has 2 aromatic carbocycles. The molecule has 0 saturated heterocycles. The third kappa shape index (κ3) is 8.29. The van der Waals surface area contributed by atoms with Crippen LogP contribution in [0.5, 0.6) is 5.75 Å². The van der Waals surface area contributed by atoms with Gasteiger partial charge in [-0.05, 0) is 35.6 Å². The fraction of sp³-hybridized carbons (Fsp3) is 0.440. The third-order valence-electron chi connectivity index (χ3n) is 4.92. The molecule has 0 radical (unpaired) electrons. The van der Waals surface area contributed by atoms with Crippen molar-refractivity contribution >= 4 is 23.6 Å². The third-order valence-corrected chi connectivity index (χ3v) is 5.91. The lowest BCUT2D eigenvalue weighted by atomic mass is 10.1. The van der Waals surface area contributed by atoms with Crippen LogP contribution < -0.4 is 10.1 Å². The summed E-state index contributed by atoms with van der Waals surface area (Å²) in [7, 11) is 1.63. The number of nitrogens with zero attached hydrogens (tertiary/aromatic N) is 1. The van der Waals surface area contributed by atoms with E-state index in [1.54, 1.807) is 23.8 Å². The van der Waals surface area contributed by atoms with Gasteiger partial charge in [0.05, 0.1) is 12.9 Å². The average molecular weight is 443 g/mol. The van der Waals surface area contributed by atoms with Gasteiger partial charge in [0.15, 0.2) is 0 Å². The van der Waals surface area contributed by atoms with Crippen molar-refractivity contribution in [3.05, 3.63) is 65.7 Å². The summed E-state index contributed by atoms with van der Waals surface area (Å²) in [6, 6.07) is 17.2. The van der Waals surface area contributed by atoms with E-state index >= 15 is 0 Å². The molecule has 5 nitrogen and oxygen atoms in total. The summed E-state index contributed by atoms with van der Waals surface area (Å²) in [5.41, 5.74) is 2.15. The Morgan fingerprint density at radius 1 is 1.03 bits per heavy atom. The second-order valence-corrected chi connectivity index (χ2v) is 8.90. The van der Waals surface area contributed by atoms with Gasteiger partial charge in [-0.2, -0.15) is 0 Å². The SMILES string of the molecule is CC[C@H](C(=O)NCC(C)C)N(Cc1ccc(OC)cc1)C(=O)CSCc1ccccc1. The van der Waals surface area contributed by atoms with E-state index < -0.39 is 6.04 Å². The van der Waals surface area contributed by atoms with E-state index in [1.807, 2.05) is 49.4 Å². The van der Waals surface area contributed by atoms with Crippen LogP contribution in [0.2, 0.25) is 0 Å². The average Bonchev–Trinajstić information content (AvgIpc) is 2.78. The maximum absolute atomic E-state index is 13.2. The Balaban J connectivity index is 2.11. The summed E-state index contributed by atoms with van der Waals surface area (Å²) in [5.74, 6) is 2.10. The number of hydrogen-bond donors (Lipinski definition) is 1. The van der Waals surface area contributed by atoms with Gasteiger partial charge in [-0.1, -0.05) is 63.2 Å². The highest BCUT2D eigenvalue weighted by Gasteiger charge is 2.28. The van der Waals surface area contributed by atoms with E-state index in [0.717, 1.165) is 17.1 Å². The number of amides is 2. The van der Waals surface area contributed by atoms with Gasteiger partial charge in [-0.25, -0.2) is 0 Å². The normalized spacial score (nSPS) is 11.8. The van der Waals surface area contributed by atoms with Crippen LogP contribution in [-0.4, -0.2) is 42.2 Å². The molecule has 0 unspecified atom stereocenters. The molecule has 0 aliphatic carbocycles. The number of thioether (sulfide) groups is 1. The first-order valence-electron chi connectivity index (χ1n) is 10.8. The molecule has 2 rings (SSSR count). The maximum atomic E-state index is 13.2. The Kier molecular flexibility index (Phi) is 10.4. The van der Waals surface area contributed by atoms with Gasteiger partial charge in [-0.15, -0.1) is 11.8 Å². The Labute approximate surface area is 190 Å². The molecule has 0 heterocycles. The summed E-state index contributed by atoms with van der Waals surface area (Å²) >= 11 is 1.57. The summed E-state index contributed by atoms with van der Waals surface area (Å²) in [6.07, 6.45) is 0.565.